The average Bonchev–Trinajstić information content (AvgIpc) is 2.65. The van der Waals surface area contributed by atoms with Crippen LogP contribution in [0, 0.1) is 12.7 Å². The number of halogens is 1. The number of aromatic nitrogens is 1. The van der Waals surface area contributed by atoms with Gasteiger partial charge in [-0.15, -0.1) is 0 Å². The fourth-order valence-electron chi connectivity index (χ4n) is 2.86. The number of benzene rings is 2. The van der Waals surface area contributed by atoms with Gasteiger partial charge >= 0.3 is 0 Å². The number of carbonyl (C=O) groups excluding carboxylic acids is 1. The van der Waals surface area contributed by atoms with Crippen molar-refractivity contribution in [1.29, 1.82) is 0 Å². The van der Waals surface area contributed by atoms with Crippen molar-refractivity contribution in [3.63, 3.8) is 0 Å². The molecule has 0 unspecified atom stereocenters. The number of carbonyl (C=O) groups is 1. The van der Waals surface area contributed by atoms with Gasteiger partial charge in [0.05, 0.1) is 17.4 Å². The maximum Gasteiger partial charge on any atom is 0.257 e. The first-order valence-corrected chi connectivity index (χ1v) is 8.82. The van der Waals surface area contributed by atoms with Crippen LogP contribution in [0.1, 0.15) is 41.3 Å². The van der Waals surface area contributed by atoms with E-state index < -0.39 is 0 Å². The molecule has 0 aliphatic carbocycles. The lowest BCUT2D eigenvalue weighted by atomic mass is 9.98. The van der Waals surface area contributed by atoms with Gasteiger partial charge in [0.25, 0.3) is 5.91 Å². The summed E-state index contributed by atoms with van der Waals surface area (Å²) >= 11 is 0. The third-order valence-electron chi connectivity index (χ3n) is 4.30. The van der Waals surface area contributed by atoms with Crippen molar-refractivity contribution < 1.29 is 9.18 Å². The molecule has 1 amide bonds. The van der Waals surface area contributed by atoms with Crippen LogP contribution in [0.15, 0.2) is 60.9 Å². The number of nitrogens with one attached hydrogen (secondary N) is 2. The quantitative estimate of drug-likeness (QED) is 0.616. The number of hydrogen-bond donors (Lipinski definition) is 2. The standard InChI is InChI=1S/C22H22FN3O/c1-14(2)20-6-4-5-15(3)21(20)25-19-11-16(12-24-13-19)22(27)26-18-9-7-17(23)8-10-18/h4-14,25H,1-3H3,(H,26,27). The van der Waals surface area contributed by atoms with E-state index in [9.17, 15) is 9.18 Å². The summed E-state index contributed by atoms with van der Waals surface area (Å²) in [6.07, 6.45) is 3.19. The molecule has 3 aromatic rings. The smallest absolute Gasteiger partial charge is 0.257 e. The molecule has 4 nitrogen and oxygen atoms in total. The van der Waals surface area contributed by atoms with Gasteiger partial charge in [0.1, 0.15) is 5.82 Å². The number of pyridine rings is 1. The van der Waals surface area contributed by atoms with Gasteiger partial charge < -0.3 is 10.6 Å². The van der Waals surface area contributed by atoms with Gasteiger partial charge in [-0.2, -0.15) is 0 Å². The van der Waals surface area contributed by atoms with Crippen LogP contribution >= 0.6 is 0 Å². The van der Waals surface area contributed by atoms with Crippen molar-refractivity contribution in [2.75, 3.05) is 10.6 Å². The maximum absolute atomic E-state index is 13.0. The normalized spacial score (nSPS) is 10.7. The molecule has 0 aliphatic heterocycles. The molecule has 1 aromatic heterocycles. The third-order valence-corrected chi connectivity index (χ3v) is 4.30. The highest BCUT2D eigenvalue weighted by Crippen LogP contribution is 2.30. The summed E-state index contributed by atoms with van der Waals surface area (Å²) in [6.45, 7) is 6.34. The van der Waals surface area contributed by atoms with Gasteiger partial charge in [0, 0.05) is 17.6 Å². The number of anilines is 3. The summed E-state index contributed by atoms with van der Waals surface area (Å²) in [4.78, 5) is 16.7. The highest BCUT2D eigenvalue weighted by atomic mass is 19.1. The third kappa shape index (κ3) is 4.50. The number of hydrogen-bond acceptors (Lipinski definition) is 3. The second-order valence-corrected chi connectivity index (χ2v) is 6.74. The number of nitrogens with zero attached hydrogens (tertiary/aromatic N) is 1. The van der Waals surface area contributed by atoms with E-state index in [1.807, 2.05) is 19.1 Å². The molecule has 2 aromatic carbocycles. The molecule has 0 spiro atoms. The van der Waals surface area contributed by atoms with E-state index in [0.29, 0.717) is 17.2 Å². The topological polar surface area (TPSA) is 54.0 Å². The fourth-order valence-corrected chi connectivity index (χ4v) is 2.86. The average molecular weight is 363 g/mol. The number of para-hydroxylation sites is 1. The van der Waals surface area contributed by atoms with Gasteiger partial charge in [-0.25, -0.2) is 4.39 Å². The maximum atomic E-state index is 13.0. The van der Waals surface area contributed by atoms with Crippen LogP contribution in [0.4, 0.5) is 21.5 Å². The first-order valence-electron chi connectivity index (χ1n) is 8.82. The summed E-state index contributed by atoms with van der Waals surface area (Å²) in [5, 5.41) is 6.14. The van der Waals surface area contributed by atoms with Gasteiger partial charge in [-0.05, 0) is 54.3 Å². The molecule has 0 aliphatic rings. The van der Waals surface area contributed by atoms with Gasteiger partial charge in [0.15, 0.2) is 0 Å². The second kappa shape index (κ2) is 7.99. The first kappa shape index (κ1) is 18.6. The summed E-state index contributed by atoms with van der Waals surface area (Å²) in [5.41, 5.74) is 5.05. The van der Waals surface area contributed by atoms with E-state index in [2.05, 4.69) is 35.5 Å². The SMILES string of the molecule is Cc1cccc(C(C)C)c1Nc1cncc(C(=O)Nc2ccc(F)cc2)c1. The Bertz CT molecular complexity index is 952. The Morgan fingerprint density at radius 2 is 1.78 bits per heavy atom. The molecule has 3 rings (SSSR count). The zero-order valence-electron chi connectivity index (χ0n) is 15.6. The van der Waals surface area contributed by atoms with Crippen molar-refractivity contribution in [3.05, 3.63) is 83.4 Å². The molecular formula is C22H22FN3O. The van der Waals surface area contributed by atoms with Crippen molar-refractivity contribution in [3.8, 4) is 0 Å². The molecule has 0 saturated heterocycles. The molecule has 0 bridgehead atoms. The lowest BCUT2D eigenvalue weighted by Gasteiger charge is -2.17. The molecular weight excluding hydrogens is 341 g/mol. The zero-order valence-corrected chi connectivity index (χ0v) is 15.6. The highest BCUT2D eigenvalue weighted by Gasteiger charge is 2.12. The first-order chi connectivity index (χ1) is 12.9. The fraction of sp³-hybridized carbons (Fsp3) is 0.182. The monoisotopic (exact) mass is 363 g/mol. The molecule has 138 valence electrons. The van der Waals surface area contributed by atoms with E-state index >= 15 is 0 Å². The summed E-state index contributed by atoms with van der Waals surface area (Å²) in [5.74, 6) is -0.281. The molecule has 0 atom stereocenters. The van der Waals surface area contributed by atoms with Crippen molar-refractivity contribution >= 4 is 23.0 Å². The Balaban J connectivity index is 1.82. The van der Waals surface area contributed by atoms with Crippen molar-refractivity contribution in [2.24, 2.45) is 0 Å². The molecule has 0 fully saturated rings. The van der Waals surface area contributed by atoms with E-state index in [-0.39, 0.29) is 11.7 Å². The molecule has 5 heteroatoms. The Labute approximate surface area is 158 Å². The predicted octanol–water partition coefficient (Wildman–Crippen LogP) is 5.65. The Hall–Kier alpha value is -3.21. The van der Waals surface area contributed by atoms with Crippen LogP contribution in [0.5, 0.6) is 0 Å². The highest BCUT2D eigenvalue weighted by molar-refractivity contribution is 6.04. The van der Waals surface area contributed by atoms with Gasteiger partial charge in [0.2, 0.25) is 0 Å². The van der Waals surface area contributed by atoms with Crippen LogP contribution < -0.4 is 10.6 Å². The van der Waals surface area contributed by atoms with E-state index in [0.717, 1.165) is 16.9 Å². The molecule has 1 heterocycles. The minimum absolute atomic E-state index is 0.299. The minimum atomic E-state index is -0.347. The number of aryl methyl sites for hydroxylation is 1. The lowest BCUT2D eigenvalue weighted by Crippen LogP contribution is -2.12. The van der Waals surface area contributed by atoms with Crippen molar-refractivity contribution in [2.45, 2.75) is 26.7 Å². The van der Waals surface area contributed by atoms with E-state index in [4.69, 9.17) is 0 Å². The molecule has 0 radical (unpaired) electrons. The Morgan fingerprint density at radius 1 is 1.04 bits per heavy atom. The second-order valence-electron chi connectivity index (χ2n) is 6.74. The summed E-state index contributed by atoms with van der Waals surface area (Å²) in [6, 6.07) is 13.6. The van der Waals surface area contributed by atoms with Gasteiger partial charge in [-0.3, -0.25) is 9.78 Å². The largest absolute Gasteiger partial charge is 0.354 e. The molecule has 27 heavy (non-hydrogen) atoms. The van der Waals surface area contributed by atoms with Crippen LogP contribution in [0.3, 0.4) is 0 Å². The van der Waals surface area contributed by atoms with E-state index in [1.165, 1.54) is 36.0 Å². The van der Waals surface area contributed by atoms with Crippen LogP contribution in [-0.4, -0.2) is 10.9 Å². The zero-order chi connectivity index (χ0) is 19.4. The lowest BCUT2D eigenvalue weighted by molar-refractivity contribution is 0.102. The Kier molecular flexibility index (Phi) is 5.50. The minimum Gasteiger partial charge on any atom is -0.354 e. The Morgan fingerprint density at radius 3 is 2.48 bits per heavy atom. The van der Waals surface area contributed by atoms with Crippen LogP contribution in [-0.2, 0) is 0 Å². The summed E-state index contributed by atoms with van der Waals surface area (Å²) in [7, 11) is 0. The summed E-state index contributed by atoms with van der Waals surface area (Å²) < 4.78 is 13.0. The number of rotatable bonds is 5. The predicted molar refractivity (Wildman–Crippen MR) is 107 cm³/mol. The van der Waals surface area contributed by atoms with Crippen LogP contribution in [0.25, 0.3) is 0 Å². The number of amides is 1. The van der Waals surface area contributed by atoms with Crippen LogP contribution in [0.2, 0.25) is 0 Å². The molecule has 0 saturated carbocycles. The van der Waals surface area contributed by atoms with Gasteiger partial charge in [-0.1, -0.05) is 32.0 Å². The van der Waals surface area contributed by atoms with Crippen molar-refractivity contribution in [1.82, 2.24) is 4.98 Å². The van der Waals surface area contributed by atoms with E-state index in [1.54, 1.807) is 12.3 Å². The molecule has 2 N–H and O–H groups in total.